The van der Waals surface area contributed by atoms with Gasteiger partial charge in [-0.3, -0.25) is 0 Å². The first kappa shape index (κ1) is 14.1. The van der Waals surface area contributed by atoms with Gasteiger partial charge in [0.15, 0.2) is 5.82 Å². The molecule has 0 radical (unpaired) electrons. The maximum absolute atomic E-state index is 13.5. The van der Waals surface area contributed by atoms with Crippen LogP contribution < -0.4 is 0 Å². The van der Waals surface area contributed by atoms with Crippen LogP contribution in [0.4, 0.5) is 4.39 Å². The van der Waals surface area contributed by atoms with Gasteiger partial charge in [-0.05, 0) is 25.0 Å². The molecule has 4 nitrogen and oxygen atoms in total. The van der Waals surface area contributed by atoms with Gasteiger partial charge in [-0.1, -0.05) is 13.8 Å². The summed E-state index contributed by atoms with van der Waals surface area (Å²) in [4.78, 5) is 3.63. The second-order valence-electron chi connectivity index (χ2n) is 3.69. The minimum absolute atomic E-state index is 0.381. The summed E-state index contributed by atoms with van der Waals surface area (Å²) in [5.74, 6) is -0.801. The minimum atomic E-state index is -3.81. The van der Waals surface area contributed by atoms with Gasteiger partial charge in [0.25, 0.3) is 10.0 Å². The molecule has 0 bridgehead atoms. The minimum Gasteiger partial charge on any atom is -0.241 e. The molecule has 0 aromatic carbocycles. The van der Waals surface area contributed by atoms with E-state index in [-0.39, 0.29) is 0 Å². The number of sulfonamides is 1. The summed E-state index contributed by atoms with van der Waals surface area (Å²) in [5.41, 5.74) is 0. The Morgan fingerprint density at radius 2 is 1.88 bits per heavy atom. The number of halogens is 1. The van der Waals surface area contributed by atoms with Crippen LogP contribution in [0.25, 0.3) is 0 Å². The zero-order chi connectivity index (χ0) is 12.9. The molecule has 0 aliphatic heterocycles. The quantitative estimate of drug-likeness (QED) is 0.786. The monoisotopic (exact) mass is 260 g/mol. The number of hydrogen-bond donors (Lipinski definition) is 0. The van der Waals surface area contributed by atoms with Crippen LogP contribution in [0.2, 0.25) is 0 Å². The van der Waals surface area contributed by atoms with Crippen molar-refractivity contribution in [2.24, 2.45) is 0 Å². The predicted octanol–water partition coefficient (Wildman–Crippen LogP) is 2.03. The van der Waals surface area contributed by atoms with Crippen LogP contribution in [0, 0.1) is 5.82 Å². The largest absolute Gasteiger partial charge is 0.263 e. The van der Waals surface area contributed by atoms with E-state index in [4.69, 9.17) is 0 Å². The van der Waals surface area contributed by atoms with E-state index in [1.165, 1.54) is 16.6 Å². The third kappa shape index (κ3) is 3.23. The second-order valence-corrected chi connectivity index (χ2v) is 5.55. The van der Waals surface area contributed by atoms with Crippen LogP contribution in [-0.2, 0) is 10.0 Å². The summed E-state index contributed by atoms with van der Waals surface area (Å²) in [5, 5.41) is -0.484. The zero-order valence-electron chi connectivity index (χ0n) is 10.1. The molecule has 1 heterocycles. The van der Waals surface area contributed by atoms with Crippen LogP contribution in [0.3, 0.4) is 0 Å². The first-order chi connectivity index (χ1) is 8.04. The van der Waals surface area contributed by atoms with Gasteiger partial charge in [0.1, 0.15) is 0 Å². The molecule has 0 spiro atoms. The van der Waals surface area contributed by atoms with Crippen molar-refractivity contribution in [2.45, 2.75) is 31.7 Å². The normalized spacial score (nSPS) is 12.0. The van der Waals surface area contributed by atoms with Crippen molar-refractivity contribution in [3.05, 3.63) is 24.1 Å². The first-order valence-corrected chi connectivity index (χ1v) is 7.08. The molecule has 1 rings (SSSR count). The Bertz CT molecular complexity index is 456. The van der Waals surface area contributed by atoms with E-state index < -0.39 is 20.9 Å². The molecule has 0 atom stereocenters. The molecule has 1 aromatic rings. The molecule has 96 valence electrons. The van der Waals surface area contributed by atoms with Crippen molar-refractivity contribution < 1.29 is 12.8 Å². The molecule has 0 unspecified atom stereocenters. The highest BCUT2D eigenvalue weighted by Crippen LogP contribution is 2.16. The molecule has 0 saturated heterocycles. The van der Waals surface area contributed by atoms with Crippen molar-refractivity contribution in [1.29, 1.82) is 0 Å². The van der Waals surface area contributed by atoms with Gasteiger partial charge in [0.05, 0.1) is 0 Å². The fourth-order valence-electron chi connectivity index (χ4n) is 1.53. The van der Waals surface area contributed by atoms with E-state index in [1.807, 2.05) is 13.8 Å². The predicted molar refractivity (Wildman–Crippen MR) is 63.5 cm³/mol. The van der Waals surface area contributed by atoms with Crippen LogP contribution in [0.1, 0.15) is 26.7 Å². The number of pyridine rings is 1. The second kappa shape index (κ2) is 6.07. The topological polar surface area (TPSA) is 50.3 Å². The van der Waals surface area contributed by atoms with Crippen LogP contribution in [0.15, 0.2) is 23.4 Å². The molecule has 0 saturated carbocycles. The van der Waals surface area contributed by atoms with Crippen LogP contribution >= 0.6 is 0 Å². The van der Waals surface area contributed by atoms with Crippen molar-refractivity contribution in [3.8, 4) is 0 Å². The fourth-order valence-corrected chi connectivity index (χ4v) is 3.13. The van der Waals surface area contributed by atoms with E-state index in [0.29, 0.717) is 25.9 Å². The maximum atomic E-state index is 13.5. The van der Waals surface area contributed by atoms with Gasteiger partial charge < -0.3 is 0 Å². The lowest BCUT2D eigenvalue weighted by molar-refractivity contribution is 0.403. The Balaban J connectivity index is 3.12. The molecule has 0 fully saturated rings. The van der Waals surface area contributed by atoms with Crippen molar-refractivity contribution >= 4 is 10.0 Å². The van der Waals surface area contributed by atoms with E-state index in [1.54, 1.807) is 0 Å². The van der Waals surface area contributed by atoms with Gasteiger partial charge in [0, 0.05) is 19.3 Å². The van der Waals surface area contributed by atoms with E-state index in [2.05, 4.69) is 4.98 Å². The Morgan fingerprint density at radius 1 is 1.29 bits per heavy atom. The summed E-state index contributed by atoms with van der Waals surface area (Å²) in [6.45, 7) is 4.53. The van der Waals surface area contributed by atoms with Gasteiger partial charge in [-0.2, -0.15) is 4.31 Å². The lowest BCUT2D eigenvalue weighted by atomic mass is 10.4. The average molecular weight is 260 g/mol. The maximum Gasteiger partial charge on any atom is 0.263 e. The lowest BCUT2D eigenvalue weighted by Gasteiger charge is -2.20. The van der Waals surface area contributed by atoms with Gasteiger partial charge in [0.2, 0.25) is 5.03 Å². The molecule has 0 amide bonds. The molecule has 0 aliphatic carbocycles. The molecular weight excluding hydrogens is 243 g/mol. The third-order valence-electron chi connectivity index (χ3n) is 2.25. The van der Waals surface area contributed by atoms with Crippen LogP contribution in [0.5, 0.6) is 0 Å². The molecule has 17 heavy (non-hydrogen) atoms. The third-order valence-corrected chi connectivity index (χ3v) is 4.09. The molecule has 1 aromatic heterocycles. The van der Waals surface area contributed by atoms with Gasteiger partial charge in [-0.25, -0.2) is 17.8 Å². The number of nitrogens with zero attached hydrogens (tertiary/aromatic N) is 2. The molecule has 6 heteroatoms. The Morgan fingerprint density at radius 3 is 2.35 bits per heavy atom. The Hall–Kier alpha value is -1.01. The number of hydrogen-bond acceptors (Lipinski definition) is 3. The highest BCUT2D eigenvalue weighted by molar-refractivity contribution is 7.89. The molecular formula is C11H17FN2O2S. The van der Waals surface area contributed by atoms with Crippen LogP contribution in [-0.4, -0.2) is 30.8 Å². The Labute approximate surface area is 102 Å². The van der Waals surface area contributed by atoms with Gasteiger partial charge >= 0.3 is 0 Å². The smallest absolute Gasteiger partial charge is 0.241 e. The number of rotatable bonds is 6. The average Bonchev–Trinajstić information content (AvgIpc) is 2.29. The van der Waals surface area contributed by atoms with Crippen molar-refractivity contribution in [2.75, 3.05) is 13.1 Å². The summed E-state index contributed by atoms with van der Waals surface area (Å²) in [6.07, 6.45) is 2.66. The standard InChI is InChI=1S/C11H17FN2O2S/c1-3-8-14(9-4-2)17(15,16)11-10(12)6-5-7-13-11/h5-7H,3-4,8-9H2,1-2H3. The summed E-state index contributed by atoms with van der Waals surface area (Å²) in [6, 6.07) is 2.48. The SMILES string of the molecule is CCCN(CCC)S(=O)(=O)c1ncccc1F. The van der Waals surface area contributed by atoms with E-state index >= 15 is 0 Å². The van der Waals surface area contributed by atoms with Crippen molar-refractivity contribution in [1.82, 2.24) is 9.29 Å². The lowest BCUT2D eigenvalue weighted by Crippen LogP contribution is -2.33. The fraction of sp³-hybridized carbons (Fsp3) is 0.545. The zero-order valence-corrected chi connectivity index (χ0v) is 10.9. The van der Waals surface area contributed by atoms with Gasteiger partial charge in [-0.15, -0.1) is 0 Å². The van der Waals surface area contributed by atoms with Crippen molar-refractivity contribution in [3.63, 3.8) is 0 Å². The summed E-state index contributed by atoms with van der Waals surface area (Å²) in [7, 11) is -3.81. The molecule has 0 aliphatic rings. The van der Waals surface area contributed by atoms with E-state index in [9.17, 15) is 12.8 Å². The Kier molecular flexibility index (Phi) is 5.02. The highest BCUT2D eigenvalue weighted by Gasteiger charge is 2.27. The highest BCUT2D eigenvalue weighted by atomic mass is 32.2. The number of aromatic nitrogens is 1. The summed E-state index contributed by atoms with van der Waals surface area (Å²) < 4.78 is 39.0. The van der Waals surface area contributed by atoms with E-state index in [0.717, 1.165) is 6.07 Å². The molecule has 0 N–H and O–H groups in total. The first-order valence-electron chi connectivity index (χ1n) is 5.64. The summed E-state index contributed by atoms with van der Waals surface area (Å²) >= 11 is 0.